The summed E-state index contributed by atoms with van der Waals surface area (Å²) in [6, 6.07) is 3.11. The van der Waals surface area contributed by atoms with Crippen molar-refractivity contribution in [1.82, 2.24) is 4.72 Å². The van der Waals surface area contributed by atoms with Crippen molar-refractivity contribution in [1.29, 1.82) is 0 Å². The van der Waals surface area contributed by atoms with Crippen molar-refractivity contribution < 1.29 is 31.5 Å². The summed E-state index contributed by atoms with van der Waals surface area (Å²) in [5.41, 5.74) is -0.621. The predicted molar refractivity (Wildman–Crippen MR) is 65.0 cm³/mol. The molecule has 0 bridgehead atoms. The lowest BCUT2D eigenvalue weighted by molar-refractivity contribution is -0.121. The van der Waals surface area contributed by atoms with Crippen LogP contribution in [0.15, 0.2) is 18.2 Å². The standard InChI is InChI=1S/C9H8ClF3N2O4S/c10-6-2-1-5(8(16)17)3-7(6)15-20(18,19)14-4-9(11,12)13/h1-3,14-15H,4H2,(H,16,17). The lowest BCUT2D eigenvalue weighted by Crippen LogP contribution is -2.37. The van der Waals surface area contributed by atoms with Gasteiger partial charge in [-0.15, -0.1) is 0 Å². The Kier molecular flexibility index (Phi) is 4.84. The summed E-state index contributed by atoms with van der Waals surface area (Å²) < 4.78 is 61.4. The zero-order chi connectivity index (χ0) is 15.6. The van der Waals surface area contributed by atoms with Gasteiger partial charge >= 0.3 is 12.1 Å². The van der Waals surface area contributed by atoms with Crippen LogP contribution in [-0.2, 0) is 10.2 Å². The van der Waals surface area contributed by atoms with Crippen LogP contribution < -0.4 is 9.44 Å². The van der Waals surface area contributed by atoms with E-state index in [9.17, 15) is 26.4 Å². The molecule has 0 aliphatic rings. The first-order valence-electron chi connectivity index (χ1n) is 4.87. The minimum atomic E-state index is -4.72. The number of nitrogens with one attached hydrogen (secondary N) is 2. The highest BCUT2D eigenvalue weighted by molar-refractivity contribution is 7.90. The molecule has 0 saturated carbocycles. The fraction of sp³-hybridized carbons (Fsp3) is 0.222. The Bertz CT molecular complexity index is 618. The van der Waals surface area contributed by atoms with Crippen molar-refractivity contribution in [2.75, 3.05) is 11.3 Å². The van der Waals surface area contributed by atoms with E-state index in [0.29, 0.717) is 0 Å². The second kappa shape index (κ2) is 5.85. The zero-order valence-corrected chi connectivity index (χ0v) is 11.1. The SMILES string of the molecule is O=C(O)c1ccc(Cl)c(NS(=O)(=O)NCC(F)(F)F)c1. The lowest BCUT2D eigenvalue weighted by Gasteiger charge is -2.12. The van der Waals surface area contributed by atoms with E-state index < -0.39 is 28.9 Å². The quantitative estimate of drug-likeness (QED) is 0.766. The summed E-state index contributed by atoms with van der Waals surface area (Å²) in [4.78, 5) is 10.7. The number of benzene rings is 1. The maximum atomic E-state index is 11.9. The fourth-order valence-corrected chi connectivity index (χ4v) is 2.20. The summed E-state index contributed by atoms with van der Waals surface area (Å²) in [6.07, 6.45) is -4.72. The predicted octanol–water partition coefficient (Wildman–Crippen LogP) is 1.85. The van der Waals surface area contributed by atoms with Crippen molar-refractivity contribution in [3.05, 3.63) is 28.8 Å². The largest absolute Gasteiger partial charge is 0.478 e. The van der Waals surface area contributed by atoms with E-state index in [1.807, 2.05) is 0 Å². The van der Waals surface area contributed by atoms with Crippen LogP contribution in [0.4, 0.5) is 18.9 Å². The molecular weight excluding hydrogens is 325 g/mol. The van der Waals surface area contributed by atoms with Gasteiger partial charge in [-0.3, -0.25) is 4.72 Å². The van der Waals surface area contributed by atoms with E-state index in [1.165, 1.54) is 4.72 Å². The van der Waals surface area contributed by atoms with Gasteiger partial charge in [0.2, 0.25) is 0 Å². The molecule has 112 valence electrons. The van der Waals surface area contributed by atoms with Crippen molar-refractivity contribution in [3.8, 4) is 0 Å². The van der Waals surface area contributed by atoms with Gasteiger partial charge in [0.15, 0.2) is 0 Å². The third-order valence-corrected chi connectivity index (χ3v) is 3.26. The maximum Gasteiger partial charge on any atom is 0.402 e. The number of halogens is 4. The zero-order valence-electron chi connectivity index (χ0n) is 9.53. The van der Waals surface area contributed by atoms with E-state index >= 15 is 0 Å². The topological polar surface area (TPSA) is 95.5 Å². The van der Waals surface area contributed by atoms with Gasteiger partial charge < -0.3 is 5.11 Å². The molecule has 20 heavy (non-hydrogen) atoms. The molecule has 1 rings (SSSR count). The number of carbonyl (C=O) groups is 1. The summed E-state index contributed by atoms with van der Waals surface area (Å²) in [7, 11) is -4.53. The average molecular weight is 333 g/mol. The minimum Gasteiger partial charge on any atom is -0.478 e. The monoisotopic (exact) mass is 332 g/mol. The third-order valence-electron chi connectivity index (χ3n) is 1.92. The first kappa shape index (κ1) is 16.5. The molecule has 1 aromatic carbocycles. The number of alkyl halides is 3. The summed E-state index contributed by atoms with van der Waals surface area (Å²) in [6.45, 7) is -1.77. The highest BCUT2D eigenvalue weighted by Gasteiger charge is 2.29. The highest BCUT2D eigenvalue weighted by Crippen LogP contribution is 2.24. The molecular formula is C9H8ClF3N2O4S. The molecule has 0 aliphatic heterocycles. The van der Waals surface area contributed by atoms with Crippen LogP contribution >= 0.6 is 11.6 Å². The molecule has 0 heterocycles. The normalized spacial score (nSPS) is 12.2. The molecule has 1 aromatic rings. The van der Waals surface area contributed by atoms with Crippen LogP contribution in [0.5, 0.6) is 0 Å². The Balaban J connectivity index is 2.92. The van der Waals surface area contributed by atoms with Crippen LogP contribution in [0.3, 0.4) is 0 Å². The smallest absolute Gasteiger partial charge is 0.402 e. The Morgan fingerprint density at radius 1 is 1.35 bits per heavy atom. The van der Waals surface area contributed by atoms with Crippen LogP contribution in [0, 0.1) is 0 Å². The highest BCUT2D eigenvalue weighted by atomic mass is 35.5. The van der Waals surface area contributed by atoms with E-state index in [0.717, 1.165) is 18.2 Å². The number of hydrogen-bond acceptors (Lipinski definition) is 3. The lowest BCUT2D eigenvalue weighted by atomic mass is 10.2. The van der Waals surface area contributed by atoms with Gasteiger partial charge in [0.25, 0.3) is 10.2 Å². The van der Waals surface area contributed by atoms with Crippen molar-refractivity contribution in [2.24, 2.45) is 0 Å². The molecule has 0 aliphatic carbocycles. The molecule has 6 nitrogen and oxygen atoms in total. The van der Waals surface area contributed by atoms with Gasteiger partial charge in [-0.05, 0) is 18.2 Å². The van der Waals surface area contributed by atoms with Crippen LogP contribution in [0.1, 0.15) is 10.4 Å². The molecule has 0 fully saturated rings. The molecule has 0 aromatic heterocycles. The van der Waals surface area contributed by atoms with Crippen molar-refractivity contribution >= 4 is 33.5 Å². The molecule has 0 unspecified atom stereocenters. The van der Waals surface area contributed by atoms with Crippen LogP contribution in [-0.4, -0.2) is 32.2 Å². The van der Waals surface area contributed by atoms with Gasteiger partial charge in [-0.1, -0.05) is 11.6 Å². The van der Waals surface area contributed by atoms with Gasteiger partial charge in [0.05, 0.1) is 16.3 Å². The van der Waals surface area contributed by atoms with Crippen LogP contribution in [0.25, 0.3) is 0 Å². The number of hydrogen-bond donors (Lipinski definition) is 3. The summed E-state index contributed by atoms with van der Waals surface area (Å²) >= 11 is 5.63. The summed E-state index contributed by atoms with van der Waals surface area (Å²) in [5, 5.41) is 8.56. The number of anilines is 1. The Morgan fingerprint density at radius 3 is 2.45 bits per heavy atom. The number of rotatable bonds is 5. The second-order valence-electron chi connectivity index (χ2n) is 3.54. The van der Waals surface area contributed by atoms with E-state index in [1.54, 1.807) is 4.72 Å². The second-order valence-corrected chi connectivity index (χ2v) is 5.45. The van der Waals surface area contributed by atoms with Gasteiger partial charge in [0.1, 0.15) is 6.54 Å². The van der Waals surface area contributed by atoms with Crippen LogP contribution in [0.2, 0.25) is 5.02 Å². The molecule has 11 heteroatoms. The summed E-state index contributed by atoms with van der Waals surface area (Å²) in [5.74, 6) is -1.34. The van der Waals surface area contributed by atoms with Gasteiger partial charge in [0, 0.05) is 0 Å². The molecule has 0 amide bonds. The number of carboxylic acid groups (broad SMARTS) is 1. The average Bonchev–Trinajstić information content (AvgIpc) is 2.28. The van der Waals surface area contributed by atoms with E-state index in [-0.39, 0.29) is 16.3 Å². The molecule has 0 spiro atoms. The first-order valence-corrected chi connectivity index (χ1v) is 6.73. The van der Waals surface area contributed by atoms with Crippen molar-refractivity contribution in [2.45, 2.75) is 6.18 Å². The third kappa shape index (κ3) is 5.23. The van der Waals surface area contributed by atoms with E-state index in [4.69, 9.17) is 16.7 Å². The minimum absolute atomic E-state index is 0.160. The Labute approximate surface area is 116 Å². The first-order chi connectivity index (χ1) is 9.00. The number of aromatic carboxylic acids is 1. The fourth-order valence-electron chi connectivity index (χ4n) is 1.09. The molecule has 0 atom stereocenters. The maximum absolute atomic E-state index is 11.9. The Hall–Kier alpha value is -1.52. The number of carboxylic acids is 1. The van der Waals surface area contributed by atoms with E-state index in [2.05, 4.69) is 0 Å². The van der Waals surface area contributed by atoms with Gasteiger partial charge in [-0.2, -0.15) is 26.3 Å². The van der Waals surface area contributed by atoms with Crippen molar-refractivity contribution in [3.63, 3.8) is 0 Å². The van der Waals surface area contributed by atoms with Gasteiger partial charge in [-0.25, -0.2) is 4.79 Å². The Morgan fingerprint density at radius 2 is 1.95 bits per heavy atom. The molecule has 3 N–H and O–H groups in total. The molecule has 0 radical (unpaired) electrons. The molecule has 0 saturated heterocycles.